The fraction of sp³-hybridized carbons (Fsp3) is 0.143. The number of carbonyl (C=O) groups excluding carboxylic acids is 1. The quantitative estimate of drug-likeness (QED) is 0.796. The molecule has 2 aromatic heterocycles. The Kier molecular flexibility index (Phi) is 4.40. The van der Waals surface area contributed by atoms with E-state index >= 15 is 0 Å². The van der Waals surface area contributed by atoms with Gasteiger partial charge in [-0.25, -0.2) is 9.78 Å². The molecule has 8 heteroatoms. The van der Waals surface area contributed by atoms with E-state index in [1.54, 1.807) is 28.8 Å². The van der Waals surface area contributed by atoms with E-state index in [1.807, 2.05) is 36.5 Å². The van der Waals surface area contributed by atoms with Crippen LogP contribution >= 0.6 is 22.7 Å². The van der Waals surface area contributed by atoms with Crippen molar-refractivity contribution >= 4 is 33.8 Å². The second-order valence-electron chi connectivity index (χ2n) is 4.53. The summed E-state index contributed by atoms with van der Waals surface area (Å²) in [5, 5.41) is 11.6. The van der Waals surface area contributed by atoms with Crippen molar-refractivity contribution in [2.24, 2.45) is 0 Å². The van der Waals surface area contributed by atoms with Crippen LogP contribution in [0.5, 0.6) is 0 Å². The van der Waals surface area contributed by atoms with Crippen LogP contribution in [0.2, 0.25) is 0 Å². The lowest BCUT2D eigenvalue weighted by atomic mass is 10.2. The Balaban J connectivity index is 1.63. The number of hydrogen-bond donors (Lipinski definition) is 1. The van der Waals surface area contributed by atoms with Crippen molar-refractivity contribution in [1.82, 2.24) is 20.1 Å². The number of rotatable bonds is 4. The van der Waals surface area contributed by atoms with Gasteiger partial charge in [0, 0.05) is 23.7 Å². The summed E-state index contributed by atoms with van der Waals surface area (Å²) in [7, 11) is 1.73. The van der Waals surface area contributed by atoms with Gasteiger partial charge in [-0.2, -0.15) is 0 Å². The van der Waals surface area contributed by atoms with Gasteiger partial charge in [0.1, 0.15) is 10.5 Å². The molecule has 22 heavy (non-hydrogen) atoms. The Morgan fingerprint density at radius 1 is 1.32 bits per heavy atom. The second kappa shape index (κ2) is 6.63. The minimum Gasteiger partial charge on any atom is -0.322 e. The van der Waals surface area contributed by atoms with E-state index < -0.39 is 0 Å². The van der Waals surface area contributed by atoms with Crippen LogP contribution in [-0.4, -0.2) is 33.2 Å². The molecule has 0 saturated carbocycles. The minimum absolute atomic E-state index is 0.216. The van der Waals surface area contributed by atoms with Gasteiger partial charge in [-0.3, -0.25) is 5.32 Å². The van der Waals surface area contributed by atoms with Crippen LogP contribution in [0.1, 0.15) is 4.88 Å². The Labute approximate surface area is 135 Å². The normalized spacial score (nSPS) is 10.4. The molecule has 2 amide bonds. The van der Waals surface area contributed by atoms with Crippen molar-refractivity contribution in [2.45, 2.75) is 6.54 Å². The molecule has 0 aliphatic heterocycles. The molecular weight excluding hydrogens is 318 g/mol. The van der Waals surface area contributed by atoms with Crippen molar-refractivity contribution in [1.29, 1.82) is 0 Å². The van der Waals surface area contributed by atoms with Crippen molar-refractivity contribution in [3.05, 3.63) is 46.9 Å². The molecule has 112 valence electrons. The minimum atomic E-state index is -0.216. The number of carbonyl (C=O) groups is 1. The highest BCUT2D eigenvalue weighted by Gasteiger charge is 2.13. The number of amides is 2. The molecule has 1 aromatic carbocycles. The van der Waals surface area contributed by atoms with Gasteiger partial charge in [-0.1, -0.05) is 41.7 Å². The van der Waals surface area contributed by atoms with E-state index in [-0.39, 0.29) is 6.03 Å². The first-order chi connectivity index (χ1) is 10.7. The van der Waals surface area contributed by atoms with E-state index in [0.29, 0.717) is 11.7 Å². The number of benzene rings is 1. The van der Waals surface area contributed by atoms with Gasteiger partial charge in [-0.15, -0.1) is 21.5 Å². The van der Waals surface area contributed by atoms with E-state index in [2.05, 4.69) is 20.5 Å². The lowest BCUT2D eigenvalue weighted by Gasteiger charge is -2.15. The summed E-state index contributed by atoms with van der Waals surface area (Å²) in [4.78, 5) is 19.1. The number of nitrogens with zero attached hydrogens (tertiary/aromatic N) is 4. The predicted molar refractivity (Wildman–Crippen MR) is 87.9 cm³/mol. The highest BCUT2D eigenvalue weighted by atomic mass is 32.1. The predicted octanol–water partition coefficient (Wildman–Crippen LogP) is 3.33. The summed E-state index contributed by atoms with van der Waals surface area (Å²) < 4.78 is 0. The van der Waals surface area contributed by atoms with E-state index in [9.17, 15) is 4.79 Å². The fourth-order valence-electron chi connectivity index (χ4n) is 1.81. The monoisotopic (exact) mass is 331 g/mol. The Morgan fingerprint density at radius 2 is 2.14 bits per heavy atom. The maximum absolute atomic E-state index is 12.0. The van der Waals surface area contributed by atoms with Gasteiger partial charge in [0.05, 0.1) is 6.54 Å². The third-order valence-electron chi connectivity index (χ3n) is 2.89. The number of urea groups is 1. The van der Waals surface area contributed by atoms with Crippen molar-refractivity contribution < 1.29 is 4.79 Å². The molecule has 0 radical (unpaired) electrons. The first kappa shape index (κ1) is 14.6. The SMILES string of the molecule is CN(Cc1cnc(-c2ccccc2)s1)C(=O)Nc1nncs1. The van der Waals surface area contributed by atoms with Crippen LogP contribution in [0.15, 0.2) is 42.0 Å². The maximum atomic E-state index is 12.0. The van der Waals surface area contributed by atoms with Crippen LogP contribution in [0, 0.1) is 0 Å². The van der Waals surface area contributed by atoms with Gasteiger partial charge in [0.15, 0.2) is 0 Å². The van der Waals surface area contributed by atoms with Gasteiger partial charge in [-0.05, 0) is 0 Å². The van der Waals surface area contributed by atoms with Crippen LogP contribution in [0.4, 0.5) is 9.93 Å². The molecule has 0 fully saturated rings. The van der Waals surface area contributed by atoms with Crippen molar-refractivity contribution in [2.75, 3.05) is 12.4 Å². The average molecular weight is 331 g/mol. The second-order valence-corrected chi connectivity index (χ2v) is 6.48. The number of anilines is 1. The molecule has 0 aliphatic carbocycles. The van der Waals surface area contributed by atoms with Crippen LogP contribution in [-0.2, 0) is 6.54 Å². The zero-order valence-electron chi connectivity index (χ0n) is 11.8. The molecule has 3 aromatic rings. The molecule has 0 bridgehead atoms. The third kappa shape index (κ3) is 3.46. The van der Waals surface area contributed by atoms with Gasteiger partial charge in [0.2, 0.25) is 5.13 Å². The zero-order chi connectivity index (χ0) is 15.4. The van der Waals surface area contributed by atoms with Crippen molar-refractivity contribution in [3.63, 3.8) is 0 Å². The summed E-state index contributed by atoms with van der Waals surface area (Å²) in [6.07, 6.45) is 1.81. The summed E-state index contributed by atoms with van der Waals surface area (Å²) in [6.45, 7) is 0.495. The first-order valence-electron chi connectivity index (χ1n) is 6.51. The van der Waals surface area contributed by atoms with Gasteiger partial charge in [0.25, 0.3) is 0 Å². The van der Waals surface area contributed by atoms with E-state index in [0.717, 1.165) is 15.4 Å². The molecule has 0 saturated heterocycles. The van der Waals surface area contributed by atoms with Crippen molar-refractivity contribution in [3.8, 4) is 10.6 Å². The molecule has 6 nitrogen and oxygen atoms in total. The Bertz CT molecular complexity index is 742. The zero-order valence-corrected chi connectivity index (χ0v) is 13.4. The molecule has 0 atom stereocenters. The molecule has 1 N–H and O–H groups in total. The molecule has 0 aliphatic rings. The van der Waals surface area contributed by atoms with E-state index in [1.165, 1.54) is 11.3 Å². The number of nitrogens with one attached hydrogen (secondary N) is 1. The third-order valence-corrected chi connectivity index (χ3v) is 4.53. The summed E-state index contributed by atoms with van der Waals surface area (Å²) in [5.74, 6) is 0. The fourth-order valence-corrected chi connectivity index (χ4v) is 3.22. The van der Waals surface area contributed by atoms with Crippen LogP contribution in [0.3, 0.4) is 0 Å². The Hall–Kier alpha value is -2.32. The summed E-state index contributed by atoms with van der Waals surface area (Å²) >= 11 is 2.87. The lowest BCUT2D eigenvalue weighted by molar-refractivity contribution is 0.221. The smallest absolute Gasteiger partial charge is 0.322 e. The Morgan fingerprint density at radius 3 is 2.86 bits per heavy atom. The number of aromatic nitrogens is 3. The van der Waals surface area contributed by atoms with Gasteiger partial charge < -0.3 is 4.90 Å². The van der Waals surface area contributed by atoms with Gasteiger partial charge >= 0.3 is 6.03 Å². The largest absolute Gasteiger partial charge is 0.323 e. The molecule has 0 spiro atoms. The van der Waals surface area contributed by atoms with Crippen LogP contribution in [0.25, 0.3) is 10.6 Å². The maximum Gasteiger partial charge on any atom is 0.323 e. The average Bonchev–Trinajstić information content (AvgIpc) is 3.20. The molecular formula is C14H13N5OS2. The lowest BCUT2D eigenvalue weighted by Crippen LogP contribution is -2.30. The topological polar surface area (TPSA) is 71.0 Å². The first-order valence-corrected chi connectivity index (χ1v) is 8.20. The molecule has 2 heterocycles. The number of hydrogen-bond acceptors (Lipinski definition) is 6. The molecule has 3 rings (SSSR count). The summed E-state index contributed by atoms with van der Waals surface area (Å²) in [5.41, 5.74) is 2.66. The highest BCUT2D eigenvalue weighted by Crippen LogP contribution is 2.25. The standard InChI is InChI=1S/C14H13N5OS2/c1-19(14(20)17-13-18-16-9-21-13)8-11-7-15-12(22-11)10-5-3-2-4-6-10/h2-7,9H,8H2,1H3,(H,17,18,20). The number of thiazole rings is 1. The van der Waals surface area contributed by atoms with E-state index in [4.69, 9.17) is 0 Å². The molecule has 0 unspecified atom stereocenters. The van der Waals surface area contributed by atoms with Crippen LogP contribution < -0.4 is 5.32 Å². The summed E-state index contributed by atoms with van der Waals surface area (Å²) in [6, 6.07) is 9.77. The highest BCUT2D eigenvalue weighted by molar-refractivity contribution is 7.15.